The molecule has 1 N–H and O–H groups in total. The number of carbonyl (C=O) groups excluding carboxylic acids is 4. The van der Waals surface area contributed by atoms with Crippen LogP contribution in [0.2, 0.25) is 0 Å². The normalized spacial score (nSPS) is 17.0. The number of hydrogen-bond donors (Lipinski definition) is 1. The van der Waals surface area contributed by atoms with Gasteiger partial charge in [0.1, 0.15) is 0 Å². The minimum Gasteiger partial charge on any atom is -0.450 e. The highest BCUT2D eigenvalue weighted by Crippen LogP contribution is 2.30. The molecular weight excluding hydrogens is 398 g/mol. The van der Waals surface area contributed by atoms with Crippen molar-refractivity contribution in [3.63, 3.8) is 0 Å². The van der Waals surface area contributed by atoms with Gasteiger partial charge >= 0.3 is 6.09 Å². The van der Waals surface area contributed by atoms with E-state index in [9.17, 15) is 19.2 Å². The van der Waals surface area contributed by atoms with E-state index in [0.29, 0.717) is 43.7 Å². The number of unbranched alkanes of at least 4 members (excludes halogenated alkanes) is 1. The number of imide groups is 1. The Kier molecular flexibility index (Phi) is 6.67. The third kappa shape index (κ3) is 4.89. The van der Waals surface area contributed by atoms with E-state index < -0.39 is 11.6 Å². The predicted molar refractivity (Wildman–Crippen MR) is 115 cm³/mol. The summed E-state index contributed by atoms with van der Waals surface area (Å²) in [7, 11) is 0. The number of fused-ring (bicyclic) bond motifs is 1. The van der Waals surface area contributed by atoms with Gasteiger partial charge in [-0.1, -0.05) is 13.3 Å². The van der Waals surface area contributed by atoms with Gasteiger partial charge in [-0.05, 0) is 58.2 Å². The standard InChI is InChI=1S/C23H31N3O5/c1-5-6-13-31-22(30)24-16-9-11-25(12-10-16)19(27)15-7-8-17-18(14-15)21(29)26(20(17)28)23(2,3)4/h7-8,14,16H,5-6,9-13H2,1-4H3,(H,24,30). The van der Waals surface area contributed by atoms with Crippen molar-refractivity contribution in [3.05, 3.63) is 34.9 Å². The van der Waals surface area contributed by atoms with Crippen molar-refractivity contribution >= 4 is 23.8 Å². The summed E-state index contributed by atoms with van der Waals surface area (Å²) < 4.78 is 5.13. The van der Waals surface area contributed by atoms with E-state index in [1.165, 1.54) is 11.0 Å². The molecule has 8 nitrogen and oxygen atoms in total. The number of benzene rings is 1. The fourth-order valence-corrected chi connectivity index (χ4v) is 3.91. The van der Waals surface area contributed by atoms with Crippen molar-refractivity contribution in [1.82, 2.24) is 15.1 Å². The van der Waals surface area contributed by atoms with E-state index >= 15 is 0 Å². The Labute approximate surface area is 182 Å². The molecule has 8 heteroatoms. The SMILES string of the molecule is CCCCOC(=O)NC1CCN(C(=O)c2ccc3c(c2)C(=O)N(C(C)(C)C)C3=O)CC1. The summed E-state index contributed by atoms with van der Waals surface area (Å²) >= 11 is 0. The molecule has 0 saturated carbocycles. The summed E-state index contributed by atoms with van der Waals surface area (Å²) in [6, 6.07) is 4.67. The Morgan fingerprint density at radius 1 is 1.10 bits per heavy atom. The van der Waals surface area contributed by atoms with Crippen LogP contribution in [0.25, 0.3) is 0 Å². The van der Waals surface area contributed by atoms with Gasteiger partial charge in [-0.3, -0.25) is 19.3 Å². The van der Waals surface area contributed by atoms with Crippen LogP contribution in [0.4, 0.5) is 4.79 Å². The number of hydrogen-bond acceptors (Lipinski definition) is 5. The van der Waals surface area contributed by atoms with E-state index in [-0.39, 0.29) is 29.3 Å². The Hall–Kier alpha value is -2.90. The van der Waals surface area contributed by atoms with Crippen LogP contribution in [0, 0.1) is 0 Å². The van der Waals surface area contributed by atoms with Crippen molar-refractivity contribution in [2.24, 2.45) is 0 Å². The molecule has 1 aromatic rings. The number of carbonyl (C=O) groups is 4. The third-order valence-corrected chi connectivity index (χ3v) is 5.64. The number of nitrogens with zero attached hydrogens (tertiary/aromatic N) is 2. The molecule has 0 atom stereocenters. The smallest absolute Gasteiger partial charge is 0.407 e. The summed E-state index contributed by atoms with van der Waals surface area (Å²) in [6.07, 6.45) is 2.65. The lowest BCUT2D eigenvalue weighted by molar-refractivity contribution is 0.0507. The molecule has 0 aliphatic carbocycles. The number of alkyl carbamates (subject to hydrolysis) is 1. The quantitative estimate of drug-likeness (QED) is 0.573. The summed E-state index contributed by atoms with van der Waals surface area (Å²) in [5.41, 5.74) is 0.364. The van der Waals surface area contributed by atoms with Crippen molar-refractivity contribution in [2.75, 3.05) is 19.7 Å². The topological polar surface area (TPSA) is 96.0 Å². The Balaban J connectivity index is 1.61. The number of likely N-dealkylation sites (tertiary alicyclic amines) is 1. The molecule has 4 amide bonds. The number of rotatable bonds is 5. The molecule has 0 unspecified atom stereocenters. The average molecular weight is 430 g/mol. The van der Waals surface area contributed by atoms with Gasteiger partial charge in [0.25, 0.3) is 17.7 Å². The van der Waals surface area contributed by atoms with Crippen LogP contribution in [0.5, 0.6) is 0 Å². The molecular formula is C23H31N3O5. The molecule has 0 radical (unpaired) electrons. The molecule has 0 bridgehead atoms. The average Bonchev–Trinajstić information content (AvgIpc) is 2.98. The first-order valence-electron chi connectivity index (χ1n) is 10.9. The van der Waals surface area contributed by atoms with E-state index in [4.69, 9.17) is 4.74 Å². The molecule has 168 valence electrons. The maximum absolute atomic E-state index is 13.0. The summed E-state index contributed by atoms with van der Waals surface area (Å²) in [6.45, 7) is 8.85. The van der Waals surface area contributed by atoms with Gasteiger partial charge in [0, 0.05) is 30.2 Å². The first-order chi connectivity index (χ1) is 14.6. The zero-order valence-corrected chi connectivity index (χ0v) is 18.7. The minimum absolute atomic E-state index is 0.0299. The number of nitrogens with one attached hydrogen (secondary N) is 1. The van der Waals surface area contributed by atoms with Crippen molar-refractivity contribution in [3.8, 4) is 0 Å². The van der Waals surface area contributed by atoms with Gasteiger partial charge < -0.3 is 15.0 Å². The van der Waals surface area contributed by atoms with Gasteiger partial charge in [-0.2, -0.15) is 0 Å². The number of ether oxygens (including phenoxy) is 1. The second-order valence-corrected chi connectivity index (χ2v) is 9.08. The molecule has 0 aromatic heterocycles. The van der Waals surface area contributed by atoms with Gasteiger partial charge in [-0.25, -0.2) is 4.79 Å². The first kappa shape index (κ1) is 22.8. The van der Waals surface area contributed by atoms with Gasteiger partial charge in [0.15, 0.2) is 0 Å². The molecule has 2 heterocycles. The summed E-state index contributed by atoms with van der Waals surface area (Å²) in [4.78, 5) is 53.1. The lowest BCUT2D eigenvalue weighted by atomic mass is 10.0. The fourth-order valence-electron chi connectivity index (χ4n) is 3.91. The Bertz CT molecular complexity index is 882. The van der Waals surface area contributed by atoms with Crippen LogP contribution in [0.3, 0.4) is 0 Å². The monoisotopic (exact) mass is 429 g/mol. The fraction of sp³-hybridized carbons (Fsp3) is 0.565. The van der Waals surface area contributed by atoms with Gasteiger partial charge in [0.2, 0.25) is 0 Å². The van der Waals surface area contributed by atoms with Crippen LogP contribution in [0.1, 0.15) is 84.5 Å². The highest BCUT2D eigenvalue weighted by Gasteiger charge is 2.42. The highest BCUT2D eigenvalue weighted by molar-refractivity contribution is 6.22. The zero-order valence-electron chi connectivity index (χ0n) is 18.7. The second kappa shape index (κ2) is 9.08. The summed E-state index contributed by atoms with van der Waals surface area (Å²) in [5.74, 6) is -0.878. The van der Waals surface area contributed by atoms with Gasteiger partial charge in [-0.15, -0.1) is 0 Å². The van der Waals surface area contributed by atoms with Crippen LogP contribution >= 0.6 is 0 Å². The van der Waals surface area contributed by atoms with Crippen LogP contribution in [0.15, 0.2) is 18.2 Å². The summed E-state index contributed by atoms with van der Waals surface area (Å²) in [5, 5.41) is 2.85. The van der Waals surface area contributed by atoms with E-state index in [2.05, 4.69) is 5.32 Å². The predicted octanol–water partition coefficient (Wildman–Crippen LogP) is 3.21. The molecule has 1 saturated heterocycles. The molecule has 0 spiro atoms. The van der Waals surface area contributed by atoms with Gasteiger partial charge in [0.05, 0.1) is 17.7 Å². The molecule has 1 aromatic carbocycles. The minimum atomic E-state index is -0.635. The van der Waals surface area contributed by atoms with Crippen LogP contribution in [-0.4, -0.2) is 64.9 Å². The van der Waals surface area contributed by atoms with E-state index in [1.54, 1.807) is 37.8 Å². The third-order valence-electron chi connectivity index (χ3n) is 5.64. The van der Waals surface area contributed by atoms with Crippen molar-refractivity contribution in [1.29, 1.82) is 0 Å². The van der Waals surface area contributed by atoms with Crippen molar-refractivity contribution < 1.29 is 23.9 Å². The van der Waals surface area contributed by atoms with E-state index in [1.807, 2.05) is 6.92 Å². The molecule has 1 fully saturated rings. The zero-order chi connectivity index (χ0) is 22.8. The number of piperidine rings is 1. The Morgan fingerprint density at radius 2 is 1.74 bits per heavy atom. The molecule has 31 heavy (non-hydrogen) atoms. The van der Waals surface area contributed by atoms with E-state index in [0.717, 1.165) is 12.8 Å². The van der Waals surface area contributed by atoms with Crippen molar-refractivity contribution in [2.45, 2.75) is 65.0 Å². The molecule has 2 aliphatic rings. The maximum atomic E-state index is 13.0. The maximum Gasteiger partial charge on any atom is 0.407 e. The lowest BCUT2D eigenvalue weighted by Gasteiger charge is -2.32. The number of amides is 4. The second-order valence-electron chi connectivity index (χ2n) is 9.08. The molecule has 3 rings (SSSR count). The largest absolute Gasteiger partial charge is 0.450 e. The highest BCUT2D eigenvalue weighted by atomic mass is 16.5. The first-order valence-corrected chi connectivity index (χ1v) is 10.9. The van der Waals surface area contributed by atoms with Crippen LogP contribution < -0.4 is 5.32 Å². The Morgan fingerprint density at radius 3 is 2.35 bits per heavy atom. The lowest BCUT2D eigenvalue weighted by Crippen LogP contribution is -2.46. The van der Waals surface area contributed by atoms with Crippen LogP contribution in [-0.2, 0) is 4.74 Å². The molecule has 2 aliphatic heterocycles.